The van der Waals surface area contributed by atoms with Gasteiger partial charge in [-0.3, -0.25) is 4.79 Å². The summed E-state index contributed by atoms with van der Waals surface area (Å²) in [5.41, 5.74) is 1.02. The molecule has 0 unspecified atom stereocenters. The summed E-state index contributed by atoms with van der Waals surface area (Å²) in [7, 11) is 0. The van der Waals surface area contributed by atoms with Crippen LogP contribution in [-0.4, -0.2) is 22.1 Å². The van der Waals surface area contributed by atoms with Crippen LogP contribution >= 0.6 is 11.8 Å². The van der Waals surface area contributed by atoms with Crippen LogP contribution in [0.15, 0.2) is 36.4 Å². The molecular weight excluding hydrogens is 232 g/mol. The number of aliphatic hydroxyl groups excluding tert-OH is 1. The molecule has 3 heteroatoms. The van der Waals surface area contributed by atoms with Crippen LogP contribution in [0, 0.1) is 5.92 Å². The maximum Gasteiger partial charge on any atom is 0.194 e. The fraction of sp³-hybridized carbons (Fsp3) is 0.357. The molecule has 1 aromatic carbocycles. The van der Waals surface area contributed by atoms with Crippen molar-refractivity contribution in [1.82, 2.24) is 0 Å². The van der Waals surface area contributed by atoms with Crippen molar-refractivity contribution < 1.29 is 9.90 Å². The fourth-order valence-corrected chi connectivity index (χ4v) is 2.04. The molecule has 1 N–H and O–H groups in total. The molecule has 0 aliphatic carbocycles. The van der Waals surface area contributed by atoms with Crippen LogP contribution in [0.4, 0.5) is 0 Å². The SMILES string of the molecule is CCSC(=O)[C@@H](C)[C@@H](O)/C=C/c1ccccc1. The molecule has 0 fully saturated rings. The van der Waals surface area contributed by atoms with Crippen molar-refractivity contribution in [2.24, 2.45) is 5.92 Å². The topological polar surface area (TPSA) is 37.3 Å². The predicted molar refractivity (Wildman–Crippen MR) is 73.8 cm³/mol. The van der Waals surface area contributed by atoms with E-state index in [0.29, 0.717) is 0 Å². The first kappa shape index (κ1) is 14.0. The summed E-state index contributed by atoms with van der Waals surface area (Å²) >= 11 is 1.26. The van der Waals surface area contributed by atoms with E-state index in [4.69, 9.17) is 0 Å². The Kier molecular flexibility index (Phi) is 6.01. The van der Waals surface area contributed by atoms with Gasteiger partial charge in [0.05, 0.1) is 12.0 Å². The van der Waals surface area contributed by atoms with Crippen molar-refractivity contribution in [1.29, 1.82) is 0 Å². The summed E-state index contributed by atoms with van der Waals surface area (Å²) in [6.07, 6.45) is 2.79. The zero-order chi connectivity index (χ0) is 12.7. The molecule has 0 saturated heterocycles. The van der Waals surface area contributed by atoms with Gasteiger partial charge in [0.2, 0.25) is 0 Å². The zero-order valence-electron chi connectivity index (χ0n) is 10.2. The second kappa shape index (κ2) is 7.30. The molecule has 92 valence electrons. The van der Waals surface area contributed by atoms with Crippen LogP contribution in [-0.2, 0) is 4.79 Å². The first-order valence-electron chi connectivity index (χ1n) is 5.73. The van der Waals surface area contributed by atoms with Gasteiger partial charge in [-0.15, -0.1) is 0 Å². The number of aliphatic hydroxyl groups is 1. The lowest BCUT2D eigenvalue weighted by Gasteiger charge is -2.13. The van der Waals surface area contributed by atoms with Crippen LogP contribution in [0.25, 0.3) is 6.08 Å². The number of benzene rings is 1. The van der Waals surface area contributed by atoms with Gasteiger partial charge in [0.25, 0.3) is 0 Å². The molecule has 1 rings (SSSR count). The smallest absolute Gasteiger partial charge is 0.194 e. The van der Waals surface area contributed by atoms with E-state index in [9.17, 15) is 9.90 Å². The lowest BCUT2D eigenvalue weighted by molar-refractivity contribution is -0.116. The molecule has 2 nitrogen and oxygen atoms in total. The second-order valence-corrected chi connectivity index (χ2v) is 5.07. The summed E-state index contributed by atoms with van der Waals surface area (Å²) in [5, 5.41) is 9.89. The molecule has 1 aromatic rings. The van der Waals surface area contributed by atoms with E-state index < -0.39 is 6.10 Å². The van der Waals surface area contributed by atoms with E-state index in [2.05, 4.69) is 0 Å². The molecule has 0 radical (unpaired) electrons. The van der Waals surface area contributed by atoms with E-state index >= 15 is 0 Å². The van der Waals surface area contributed by atoms with E-state index in [1.165, 1.54) is 11.8 Å². The first-order chi connectivity index (χ1) is 8.15. The van der Waals surface area contributed by atoms with Gasteiger partial charge in [0.1, 0.15) is 0 Å². The highest BCUT2D eigenvalue weighted by Gasteiger charge is 2.19. The number of carbonyl (C=O) groups excluding carboxylic acids is 1. The molecule has 0 spiro atoms. The van der Waals surface area contributed by atoms with Gasteiger partial charge >= 0.3 is 0 Å². The van der Waals surface area contributed by atoms with Gasteiger partial charge in [-0.25, -0.2) is 0 Å². The summed E-state index contributed by atoms with van der Waals surface area (Å²) < 4.78 is 0. The standard InChI is InChI=1S/C14H18O2S/c1-3-17-14(16)11(2)13(15)10-9-12-7-5-4-6-8-12/h4-11,13,15H,3H2,1-2H3/b10-9+/t11-,13-/m0/s1. The van der Waals surface area contributed by atoms with E-state index in [0.717, 1.165) is 11.3 Å². The Morgan fingerprint density at radius 2 is 2.06 bits per heavy atom. The third-order valence-electron chi connectivity index (χ3n) is 2.46. The quantitative estimate of drug-likeness (QED) is 0.873. The van der Waals surface area contributed by atoms with Crippen molar-refractivity contribution in [2.75, 3.05) is 5.75 Å². The van der Waals surface area contributed by atoms with Gasteiger partial charge in [0.15, 0.2) is 5.12 Å². The fourth-order valence-electron chi connectivity index (χ4n) is 1.35. The Balaban J connectivity index is 2.57. The monoisotopic (exact) mass is 250 g/mol. The molecule has 17 heavy (non-hydrogen) atoms. The van der Waals surface area contributed by atoms with Gasteiger partial charge in [-0.2, -0.15) is 0 Å². The predicted octanol–water partition coefficient (Wildman–Crippen LogP) is 2.98. The highest BCUT2D eigenvalue weighted by Crippen LogP contribution is 2.16. The van der Waals surface area contributed by atoms with Gasteiger partial charge in [0, 0.05) is 0 Å². The molecule has 0 aromatic heterocycles. The molecular formula is C14H18O2S. The maximum atomic E-state index is 11.6. The minimum Gasteiger partial charge on any atom is -0.388 e. The molecule has 2 atom stereocenters. The van der Waals surface area contributed by atoms with Crippen LogP contribution in [0.3, 0.4) is 0 Å². The highest BCUT2D eigenvalue weighted by molar-refractivity contribution is 8.13. The number of thioether (sulfide) groups is 1. The minimum atomic E-state index is -0.721. The molecule has 0 saturated carbocycles. The molecule has 0 heterocycles. The summed E-state index contributed by atoms with van der Waals surface area (Å²) in [4.78, 5) is 11.6. The van der Waals surface area contributed by atoms with Gasteiger partial charge in [-0.1, -0.05) is 68.1 Å². The Hall–Kier alpha value is -1.06. The van der Waals surface area contributed by atoms with E-state index in [1.54, 1.807) is 13.0 Å². The third-order valence-corrected chi connectivity index (χ3v) is 3.40. The van der Waals surface area contributed by atoms with E-state index in [-0.39, 0.29) is 11.0 Å². The first-order valence-corrected chi connectivity index (χ1v) is 6.71. The van der Waals surface area contributed by atoms with Crippen LogP contribution in [0.2, 0.25) is 0 Å². The number of carbonyl (C=O) groups is 1. The van der Waals surface area contributed by atoms with E-state index in [1.807, 2.05) is 43.3 Å². The van der Waals surface area contributed by atoms with Crippen LogP contribution in [0.1, 0.15) is 19.4 Å². The number of rotatable bonds is 5. The molecule has 0 aliphatic rings. The van der Waals surface area contributed by atoms with Crippen molar-refractivity contribution >= 4 is 23.0 Å². The molecule has 0 aliphatic heterocycles. The summed E-state index contributed by atoms with van der Waals surface area (Å²) in [6.45, 7) is 3.69. The number of hydrogen-bond acceptors (Lipinski definition) is 3. The summed E-state index contributed by atoms with van der Waals surface area (Å²) in [5.74, 6) is 0.387. The Labute approximate surface area is 107 Å². The lowest BCUT2D eigenvalue weighted by atomic mass is 10.1. The van der Waals surface area contributed by atoms with Crippen LogP contribution in [0.5, 0.6) is 0 Å². The Morgan fingerprint density at radius 3 is 2.65 bits per heavy atom. The third kappa shape index (κ3) is 4.75. The molecule has 0 bridgehead atoms. The van der Waals surface area contributed by atoms with Gasteiger partial charge < -0.3 is 5.11 Å². The number of hydrogen-bond donors (Lipinski definition) is 1. The van der Waals surface area contributed by atoms with Crippen molar-refractivity contribution in [2.45, 2.75) is 20.0 Å². The van der Waals surface area contributed by atoms with Crippen molar-refractivity contribution in [3.63, 3.8) is 0 Å². The largest absolute Gasteiger partial charge is 0.388 e. The van der Waals surface area contributed by atoms with Crippen molar-refractivity contribution in [3.8, 4) is 0 Å². The average Bonchev–Trinajstić information content (AvgIpc) is 2.36. The van der Waals surface area contributed by atoms with Crippen molar-refractivity contribution in [3.05, 3.63) is 42.0 Å². The van der Waals surface area contributed by atoms with Gasteiger partial charge in [-0.05, 0) is 11.3 Å². The molecule has 0 amide bonds. The maximum absolute atomic E-state index is 11.6. The Bertz CT molecular complexity index is 373. The average molecular weight is 250 g/mol. The second-order valence-electron chi connectivity index (χ2n) is 3.80. The normalized spacial score (nSPS) is 14.8. The lowest BCUT2D eigenvalue weighted by Crippen LogP contribution is -2.21. The minimum absolute atomic E-state index is 0.0395. The zero-order valence-corrected chi connectivity index (χ0v) is 11.0. The summed E-state index contributed by atoms with van der Waals surface area (Å²) in [6, 6.07) is 9.73. The van der Waals surface area contributed by atoms with Crippen LogP contribution < -0.4 is 0 Å². The Morgan fingerprint density at radius 1 is 1.41 bits per heavy atom. The highest BCUT2D eigenvalue weighted by atomic mass is 32.2.